The summed E-state index contributed by atoms with van der Waals surface area (Å²) in [5.74, 6) is -0.0292. The van der Waals surface area contributed by atoms with Gasteiger partial charge in [0.05, 0.1) is 4.47 Å². The highest BCUT2D eigenvalue weighted by Crippen LogP contribution is 2.24. The number of nitrogens with zero attached hydrogens (tertiary/aromatic N) is 2. The Hall–Kier alpha value is -1.25. The van der Waals surface area contributed by atoms with E-state index in [-0.39, 0.29) is 10.3 Å². The topological polar surface area (TPSA) is 56.1 Å². The van der Waals surface area contributed by atoms with E-state index in [1.807, 2.05) is 0 Å². The zero-order valence-electron chi connectivity index (χ0n) is 10.5. The van der Waals surface area contributed by atoms with Crippen molar-refractivity contribution in [2.75, 3.05) is 5.32 Å². The average Bonchev–Trinajstić information content (AvgIpc) is 2.39. The maximum absolute atomic E-state index is 12.2. The molecule has 0 unspecified atom stereocenters. The van der Waals surface area contributed by atoms with Crippen LogP contribution in [0.4, 0.5) is 23.8 Å². The SMILES string of the molecule is CC(C)(C)OC(=O)Nc1nn(CC(F)(F)F)cc1Br. The van der Waals surface area contributed by atoms with Crippen molar-refractivity contribution in [2.45, 2.75) is 39.1 Å². The second-order valence-corrected chi connectivity index (χ2v) is 5.62. The van der Waals surface area contributed by atoms with Crippen LogP contribution in [0.5, 0.6) is 0 Å². The summed E-state index contributed by atoms with van der Waals surface area (Å²) in [5, 5.41) is 5.87. The van der Waals surface area contributed by atoms with Gasteiger partial charge in [-0.2, -0.15) is 18.3 Å². The quantitative estimate of drug-likeness (QED) is 0.893. The molecule has 1 aromatic rings. The molecule has 0 aliphatic rings. The van der Waals surface area contributed by atoms with Gasteiger partial charge in [-0.05, 0) is 36.7 Å². The summed E-state index contributed by atoms with van der Waals surface area (Å²) in [7, 11) is 0. The van der Waals surface area contributed by atoms with Crippen LogP contribution >= 0.6 is 15.9 Å². The minimum Gasteiger partial charge on any atom is -0.444 e. The highest BCUT2D eigenvalue weighted by Gasteiger charge is 2.29. The number of nitrogens with one attached hydrogen (secondary N) is 1. The Morgan fingerprint density at radius 3 is 2.53 bits per heavy atom. The molecule has 1 heterocycles. The number of halogens is 4. The van der Waals surface area contributed by atoms with E-state index in [1.165, 1.54) is 0 Å². The molecule has 1 aromatic heterocycles. The summed E-state index contributed by atoms with van der Waals surface area (Å²) in [6, 6.07) is 0. The van der Waals surface area contributed by atoms with Crippen molar-refractivity contribution < 1.29 is 22.7 Å². The highest BCUT2D eigenvalue weighted by atomic mass is 79.9. The minimum absolute atomic E-state index is 0.0292. The first kappa shape index (κ1) is 15.8. The van der Waals surface area contributed by atoms with E-state index >= 15 is 0 Å². The van der Waals surface area contributed by atoms with E-state index < -0.39 is 24.4 Å². The maximum Gasteiger partial charge on any atom is 0.413 e. The fraction of sp³-hybridized carbons (Fsp3) is 0.600. The number of ether oxygens (including phenoxy) is 1. The molecule has 19 heavy (non-hydrogen) atoms. The van der Waals surface area contributed by atoms with Gasteiger partial charge in [-0.25, -0.2) is 4.79 Å². The van der Waals surface area contributed by atoms with Crippen molar-refractivity contribution in [3.05, 3.63) is 10.7 Å². The number of aromatic nitrogens is 2. The molecular weight excluding hydrogens is 331 g/mol. The van der Waals surface area contributed by atoms with Crippen molar-refractivity contribution in [1.29, 1.82) is 0 Å². The fourth-order valence-electron chi connectivity index (χ4n) is 1.15. The molecule has 1 rings (SSSR count). The Bertz CT molecular complexity index is 466. The number of alkyl halides is 3. The van der Waals surface area contributed by atoms with Crippen molar-refractivity contribution in [2.24, 2.45) is 0 Å². The Balaban J connectivity index is 2.72. The molecule has 108 valence electrons. The van der Waals surface area contributed by atoms with Crippen molar-refractivity contribution in [3.8, 4) is 0 Å². The number of carbonyl (C=O) groups excluding carboxylic acids is 1. The van der Waals surface area contributed by atoms with E-state index in [2.05, 4.69) is 26.3 Å². The van der Waals surface area contributed by atoms with E-state index in [4.69, 9.17) is 4.74 Å². The third-order valence-corrected chi connectivity index (χ3v) is 2.26. The second-order valence-electron chi connectivity index (χ2n) is 4.77. The largest absolute Gasteiger partial charge is 0.444 e. The Morgan fingerprint density at radius 1 is 1.47 bits per heavy atom. The van der Waals surface area contributed by atoms with Gasteiger partial charge >= 0.3 is 12.3 Å². The Morgan fingerprint density at radius 2 is 2.05 bits per heavy atom. The summed E-state index contributed by atoms with van der Waals surface area (Å²) in [6.07, 6.45) is -4.04. The van der Waals surface area contributed by atoms with Crippen LogP contribution in [-0.4, -0.2) is 27.7 Å². The van der Waals surface area contributed by atoms with Crippen LogP contribution in [0.25, 0.3) is 0 Å². The maximum atomic E-state index is 12.2. The normalized spacial score (nSPS) is 12.4. The van der Waals surface area contributed by atoms with Gasteiger partial charge in [0.25, 0.3) is 0 Å². The number of anilines is 1. The molecule has 0 aromatic carbocycles. The molecule has 0 aliphatic carbocycles. The van der Waals surface area contributed by atoms with E-state index in [0.29, 0.717) is 4.68 Å². The number of rotatable bonds is 2. The second kappa shape index (κ2) is 5.40. The first-order chi connectivity index (χ1) is 8.46. The predicted molar refractivity (Wildman–Crippen MR) is 65.8 cm³/mol. The molecule has 0 saturated carbocycles. The van der Waals surface area contributed by atoms with Gasteiger partial charge in [0, 0.05) is 6.20 Å². The van der Waals surface area contributed by atoms with E-state index in [0.717, 1.165) is 6.20 Å². The van der Waals surface area contributed by atoms with Crippen LogP contribution in [0.2, 0.25) is 0 Å². The molecule has 5 nitrogen and oxygen atoms in total. The smallest absolute Gasteiger partial charge is 0.413 e. The minimum atomic E-state index is -4.38. The Kier molecular flexibility index (Phi) is 4.49. The van der Waals surface area contributed by atoms with Crippen LogP contribution < -0.4 is 5.32 Å². The summed E-state index contributed by atoms with van der Waals surface area (Å²) in [6.45, 7) is 3.78. The molecule has 1 N–H and O–H groups in total. The molecule has 0 atom stereocenters. The molecule has 0 radical (unpaired) electrons. The molecule has 0 bridgehead atoms. The lowest BCUT2D eigenvalue weighted by molar-refractivity contribution is -0.142. The molecule has 9 heteroatoms. The van der Waals surface area contributed by atoms with Crippen LogP contribution in [-0.2, 0) is 11.3 Å². The Labute approximate surface area is 116 Å². The summed E-state index contributed by atoms with van der Waals surface area (Å²) in [4.78, 5) is 11.4. The third kappa shape index (κ3) is 5.95. The number of hydrogen-bond acceptors (Lipinski definition) is 3. The van der Waals surface area contributed by atoms with Crippen molar-refractivity contribution >= 4 is 27.8 Å². The standard InChI is InChI=1S/C10H13BrF3N3O2/c1-9(2,3)19-8(18)15-7-6(11)4-17(16-7)5-10(12,13)14/h4H,5H2,1-3H3,(H,15,16,18). The van der Waals surface area contributed by atoms with Crippen LogP contribution in [0.15, 0.2) is 10.7 Å². The molecule has 0 saturated heterocycles. The van der Waals surface area contributed by atoms with Gasteiger partial charge in [-0.15, -0.1) is 0 Å². The third-order valence-electron chi connectivity index (χ3n) is 1.68. The van der Waals surface area contributed by atoms with E-state index in [9.17, 15) is 18.0 Å². The van der Waals surface area contributed by atoms with E-state index in [1.54, 1.807) is 20.8 Å². The lowest BCUT2D eigenvalue weighted by Gasteiger charge is -2.19. The zero-order chi connectivity index (χ0) is 14.8. The summed E-state index contributed by atoms with van der Waals surface area (Å²) >= 11 is 3.01. The first-order valence-electron chi connectivity index (χ1n) is 5.26. The van der Waals surface area contributed by atoms with Gasteiger partial charge in [-0.1, -0.05) is 0 Å². The molecular formula is C10H13BrF3N3O2. The molecule has 0 aliphatic heterocycles. The number of carbonyl (C=O) groups is 1. The van der Waals surface area contributed by atoms with Crippen LogP contribution in [0.1, 0.15) is 20.8 Å². The van der Waals surface area contributed by atoms with Gasteiger partial charge in [-0.3, -0.25) is 10.00 Å². The van der Waals surface area contributed by atoms with Crippen LogP contribution in [0, 0.1) is 0 Å². The fourth-order valence-corrected chi connectivity index (χ4v) is 1.56. The van der Waals surface area contributed by atoms with Crippen LogP contribution in [0.3, 0.4) is 0 Å². The van der Waals surface area contributed by atoms with Gasteiger partial charge < -0.3 is 4.74 Å². The average molecular weight is 344 g/mol. The summed E-state index contributed by atoms with van der Waals surface area (Å²) < 4.78 is 42.4. The molecule has 0 fully saturated rings. The lowest BCUT2D eigenvalue weighted by atomic mass is 10.2. The first-order valence-corrected chi connectivity index (χ1v) is 6.05. The van der Waals surface area contributed by atoms with Gasteiger partial charge in [0.15, 0.2) is 5.82 Å². The highest BCUT2D eigenvalue weighted by molar-refractivity contribution is 9.10. The molecule has 1 amide bonds. The summed E-state index contributed by atoms with van der Waals surface area (Å²) in [5.41, 5.74) is -0.703. The van der Waals surface area contributed by atoms with Gasteiger partial charge in [0.1, 0.15) is 12.1 Å². The van der Waals surface area contributed by atoms with Gasteiger partial charge in [0.2, 0.25) is 0 Å². The zero-order valence-corrected chi connectivity index (χ0v) is 12.1. The number of amides is 1. The van der Waals surface area contributed by atoms with Crippen molar-refractivity contribution in [1.82, 2.24) is 9.78 Å². The lowest BCUT2D eigenvalue weighted by Crippen LogP contribution is -2.27. The molecule has 0 spiro atoms. The monoisotopic (exact) mass is 343 g/mol. The van der Waals surface area contributed by atoms with Crippen molar-refractivity contribution in [3.63, 3.8) is 0 Å². The number of hydrogen-bond donors (Lipinski definition) is 1. The predicted octanol–water partition coefficient (Wildman–Crippen LogP) is 3.55.